The second kappa shape index (κ2) is 7.95. The number of benzene rings is 1. The lowest BCUT2D eigenvalue weighted by atomic mass is 10.0. The number of methoxy groups -OCH3 is 1. The van der Waals surface area contributed by atoms with Crippen molar-refractivity contribution in [2.45, 2.75) is 0 Å². The fraction of sp³-hybridized carbons (Fsp3) is 0.238. The highest BCUT2D eigenvalue weighted by Crippen LogP contribution is 2.44. The lowest BCUT2D eigenvalue weighted by Crippen LogP contribution is -2.30. The van der Waals surface area contributed by atoms with E-state index in [-0.39, 0.29) is 74.5 Å². The highest BCUT2D eigenvalue weighted by molar-refractivity contribution is 7.23. The summed E-state index contributed by atoms with van der Waals surface area (Å²) in [7, 11) is 1.36. The van der Waals surface area contributed by atoms with Crippen LogP contribution < -0.4 is 20.1 Å². The van der Waals surface area contributed by atoms with Crippen molar-refractivity contribution in [2.24, 2.45) is 0 Å². The van der Waals surface area contributed by atoms with Crippen LogP contribution in [0.5, 0.6) is 11.9 Å². The molecule has 3 N–H and O–H groups in total. The molecule has 0 aliphatic carbocycles. The van der Waals surface area contributed by atoms with Crippen LogP contribution in [0.4, 0.5) is 19.6 Å². The number of rotatable bonds is 4. The van der Waals surface area contributed by atoms with E-state index in [1.807, 2.05) is 6.07 Å². The van der Waals surface area contributed by atoms with Crippen LogP contribution in [0, 0.1) is 23.0 Å². The Morgan fingerprint density at radius 3 is 2.85 bits per heavy atom. The number of nitriles is 1. The van der Waals surface area contributed by atoms with Gasteiger partial charge in [-0.3, -0.25) is 0 Å². The first-order valence-corrected chi connectivity index (χ1v) is 10.6. The Labute approximate surface area is 189 Å². The molecule has 0 fully saturated rings. The first-order valence-electron chi connectivity index (χ1n) is 9.83. The van der Waals surface area contributed by atoms with Crippen LogP contribution in [0.25, 0.3) is 32.2 Å². The Bertz CT molecular complexity index is 1470. The summed E-state index contributed by atoms with van der Waals surface area (Å²) in [5.74, 6) is -0.989. The van der Waals surface area contributed by atoms with Crippen molar-refractivity contribution in [1.82, 2.24) is 15.0 Å². The highest BCUT2D eigenvalue weighted by atomic mass is 32.1. The summed E-state index contributed by atoms with van der Waals surface area (Å²) >= 11 is 0.910. The molecule has 0 saturated carbocycles. The Hall–Kier alpha value is -3.82. The third-order valence-corrected chi connectivity index (χ3v) is 6.38. The number of pyridine rings is 1. The Morgan fingerprint density at radius 2 is 2.12 bits per heavy atom. The molecular formula is C21H16F2N6O3S. The average Bonchev–Trinajstić information content (AvgIpc) is 3.06. The van der Waals surface area contributed by atoms with Crippen molar-refractivity contribution < 1.29 is 23.4 Å². The van der Waals surface area contributed by atoms with Gasteiger partial charge >= 0.3 is 6.01 Å². The Balaban J connectivity index is 1.88. The molecule has 12 heteroatoms. The van der Waals surface area contributed by atoms with E-state index in [2.05, 4.69) is 15.0 Å². The largest absolute Gasteiger partial charge is 0.475 e. The van der Waals surface area contributed by atoms with Crippen LogP contribution in [0.1, 0.15) is 5.56 Å². The smallest absolute Gasteiger partial charge is 0.318 e. The molecule has 0 atom stereocenters. The first kappa shape index (κ1) is 21.0. The van der Waals surface area contributed by atoms with Gasteiger partial charge in [0.1, 0.15) is 45.9 Å². The normalized spacial score (nSPS) is 13.1. The number of β-amino-alcohol motifs (C(OH)–C–C–N with tert-alkyl or cyclic N) is 1. The molecule has 5 rings (SSSR count). The summed E-state index contributed by atoms with van der Waals surface area (Å²) in [6.07, 6.45) is 0. The number of fused-ring (bicyclic) bond motifs is 1. The van der Waals surface area contributed by atoms with Crippen molar-refractivity contribution in [3.63, 3.8) is 0 Å². The number of nitrogen functional groups attached to an aromatic ring is 1. The van der Waals surface area contributed by atoms with Gasteiger partial charge in [-0.1, -0.05) is 0 Å². The number of nitrogens with zero attached hydrogens (tertiary/aromatic N) is 5. The molecule has 168 valence electrons. The van der Waals surface area contributed by atoms with Gasteiger partial charge in [0.2, 0.25) is 5.88 Å². The zero-order valence-electron chi connectivity index (χ0n) is 17.2. The van der Waals surface area contributed by atoms with E-state index >= 15 is 4.39 Å². The summed E-state index contributed by atoms with van der Waals surface area (Å²) in [6, 6.07) is 4.42. The number of halogens is 2. The van der Waals surface area contributed by atoms with E-state index < -0.39 is 11.6 Å². The molecule has 4 heterocycles. The number of aromatic nitrogens is 3. The fourth-order valence-corrected chi connectivity index (χ4v) is 4.85. The molecule has 0 bridgehead atoms. The lowest BCUT2D eigenvalue weighted by molar-refractivity contribution is 0.290. The maximum absolute atomic E-state index is 16.0. The molecule has 4 aromatic rings. The number of aliphatic hydroxyl groups excluding tert-OH is 1. The second-order valence-corrected chi connectivity index (χ2v) is 8.20. The Morgan fingerprint density at radius 1 is 1.30 bits per heavy atom. The van der Waals surface area contributed by atoms with Crippen LogP contribution in [-0.2, 0) is 0 Å². The van der Waals surface area contributed by atoms with Crippen LogP contribution in [0.2, 0.25) is 0 Å². The van der Waals surface area contributed by atoms with E-state index in [1.54, 1.807) is 4.90 Å². The van der Waals surface area contributed by atoms with Crippen LogP contribution in [-0.4, -0.2) is 53.5 Å². The molecule has 0 radical (unpaired) electrons. The van der Waals surface area contributed by atoms with Gasteiger partial charge in [0.05, 0.1) is 30.5 Å². The molecule has 1 aliphatic heterocycles. The van der Waals surface area contributed by atoms with E-state index in [0.717, 1.165) is 11.3 Å². The number of hydrogen-bond donors (Lipinski definition) is 2. The van der Waals surface area contributed by atoms with Gasteiger partial charge < -0.3 is 25.2 Å². The van der Waals surface area contributed by atoms with Gasteiger partial charge in [-0.05, 0) is 12.1 Å². The molecule has 9 nitrogen and oxygen atoms in total. The summed E-state index contributed by atoms with van der Waals surface area (Å²) < 4.78 is 41.6. The molecule has 0 unspecified atom stereocenters. The zero-order chi connectivity index (χ0) is 23.3. The number of thiophene rings is 1. The number of anilines is 2. The minimum Gasteiger partial charge on any atom is -0.475 e. The Kier molecular flexibility index (Phi) is 5.07. The van der Waals surface area contributed by atoms with E-state index in [9.17, 15) is 14.8 Å². The van der Waals surface area contributed by atoms with E-state index in [4.69, 9.17) is 15.2 Å². The zero-order valence-corrected chi connectivity index (χ0v) is 18.0. The fourth-order valence-electron chi connectivity index (χ4n) is 3.90. The van der Waals surface area contributed by atoms with Gasteiger partial charge in [0.25, 0.3) is 0 Å². The number of nitrogens with two attached hydrogens (primary N) is 1. The van der Waals surface area contributed by atoms with Gasteiger partial charge in [0, 0.05) is 17.5 Å². The van der Waals surface area contributed by atoms with Crippen molar-refractivity contribution in [2.75, 3.05) is 44.0 Å². The first-order chi connectivity index (χ1) is 16.0. The van der Waals surface area contributed by atoms with Gasteiger partial charge in [0.15, 0.2) is 5.82 Å². The summed E-state index contributed by atoms with van der Waals surface area (Å²) in [5, 5.41) is 19.6. The number of ether oxygens (including phenoxy) is 2. The van der Waals surface area contributed by atoms with Crippen LogP contribution in [0.3, 0.4) is 0 Å². The summed E-state index contributed by atoms with van der Waals surface area (Å²) in [4.78, 5) is 14.6. The maximum Gasteiger partial charge on any atom is 0.318 e. The molecule has 0 saturated heterocycles. The second-order valence-electron chi connectivity index (χ2n) is 7.15. The lowest BCUT2D eigenvalue weighted by Gasteiger charge is -2.21. The molecule has 3 aromatic heterocycles. The van der Waals surface area contributed by atoms with Crippen molar-refractivity contribution in [3.05, 3.63) is 29.3 Å². The monoisotopic (exact) mass is 470 g/mol. The molecule has 1 aromatic carbocycles. The average molecular weight is 470 g/mol. The van der Waals surface area contributed by atoms with E-state index in [0.29, 0.717) is 12.4 Å². The summed E-state index contributed by atoms with van der Waals surface area (Å²) in [6.45, 7) is 0.643. The minimum atomic E-state index is -0.813. The van der Waals surface area contributed by atoms with Crippen LogP contribution in [0.15, 0.2) is 12.1 Å². The van der Waals surface area contributed by atoms with Gasteiger partial charge in [-0.15, -0.1) is 11.3 Å². The highest BCUT2D eigenvalue weighted by Gasteiger charge is 2.29. The van der Waals surface area contributed by atoms with Gasteiger partial charge in [-0.2, -0.15) is 15.2 Å². The third kappa shape index (κ3) is 3.16. The number of hydrogen-bond acceptors (Lipinski definition) is 10. The molecule has 33 heavy (non-hydrogen) atoms. The molecule has 1 aliphatic rings. The topological polar surface area (TPSA) is 130 Å². The SMILES string of the molecule is COc1nc2c3c(nc(-c4ccc(F)c5sc(N)c(C#N)c45)c(F)c3n1)OCCN2CCO. The summed E-state index contributed by atoms with van der Waals surface area (Å²) in [5.41, 5.74) is 5.88. The van der Waals surface area contributed by atoms with Gasteiger partial charge in [-0.25, -0.2) is 13.8 Å². The van der Waals surface area contributed by atoms with Crippen molar-refractivity contribution in [1.29, 1.82) is 5.26 Å². The molecule has 0 amide bonds. The van der Waals surface area contributed by atoms with Crippen molar-refractivity contribution in [3.8, 4) is 29.2 Å². The standard InChI is InChI=1S/C21H16F2N6O3S/c1-31-21-27-16-13-19(28-21)29(4-6-30)5-7-32-20(13)26-15(14(16)23)9-2-3-11(22)17-12(9)10(8-24)18(25)33-17/h2-3,30H,4-7,25H2,1H3. The third-order valence-electron chi connectivity index (χ3n) is 5.35. The number of aliphatic hydroxyl groups is 1. The molecular weight excluding hydrogens is 454 g/mol. The van der Waals surface area contributed by atoms with E-state index in [1.165, 1.54) is 19.2 Å². The minimum absolute atomic E-state index is 0.0488. The quantitative estimate of drug-likeness (QED) is 0.462. The molecule has 0 spiro atoms. The van der Waals surface area contributed by atoms with Crippen molar-refractivity contribution >= 4 is 43.1 Å². The van der Waals surface area contributed by atoms with Crippen LogP contribution >= 0.6 is 11.3 Å². The predicted octanol–water partition coefficient (Wildman–Crippen LogP) is 2.84. The maximum atomic E-state index is 16.0. The predicted molar refractivity (Wildman–Crippen MR) is 119 cm³/mol.